The number of allylic oxidation sites excluding steroid dienone is 4. The van der Waals surface area contributed by atoms with Crippen LogP contribution in [0.3, 0.4) is 0 Å². The summed E-state index contributed by atoms with van der Waals surface area (Å²) in [6.07, 6.45) is 14.6. The summed E-state index contributed by atoms with van der Waals surface area (Å²) in [6.45, 7) is 12.5. The molecule has 0 amide bonds. The first-order valence-electron chi connectivity index (χ1n) is 11.7. The number of aliphatic hydroxyl groups is 3. The molecule has 31 heavy (non-hydrogen) atoms. The Morgan fingerprint density at radius 1 is 1.32 bits per heavy atom. The van der Waals surface area contributed by atoms with Gasteiger partial charge in [0, 0.05) is 6.42 Å². The first-order valence-corrected chi connectivity index (χ1v) is 11.7. The zero-order chi connectivity index (χ0) is 22.8. The highest BCUT2D eigenvalue weighted by atomic mass is 16.5. The van der Waals surface area contributed by atoms with E-state index in [0.717, 1.165) is 36.8 Å². The topological polar surface area (TPSA) is 69.9 Å². The molecule has 0 aromatic heterocycles. The van der Waals surface area contributed by atoms with Crippen molar-refractivity contribution in [3.63, 3.8) is 0 Å². The molecular formula is C27H40O4. The standard InChI is InChI=1S/C27H40O4/c1-18-21(16-22(28)17-25(18)29)10-9-20-8-6-14-27(5)23(11-12-24(20)27)19(2)31-15-7-13-26(3,4)30/h7,9-11,13,19,22,24-25,28-30H,1,6,8,12,14-17H2,2-5H3/b13-7+,20-9?,21-10?/t19-,22-,24+,25+,27-/m1/s1. The van der Waals surface area contributed by atoms with Gasteiger partial charge in [0.2, 0.25) is 0 Å². The third kappa shape index (κ3) is 5.67. The zero-order valence-corrected chi connectivity index (χ0v) is 19.6. The fourth-order valence-corrected chi connectivity index (χ4v) is 5.57. The molecule has 0 aromatic rings. The van der Waals surface area contributed by atoms with Crippen LogP contribution in [0.5, 0.6) is 0 Å². The zero-order valence-electron chi connectivity index (χ0n) is 19.6. The molecule has 0 saturated heterocycles. The fraction of sp³-hybridized carbons (Fsp3) is 0.630. The first-order chi connectivity index (χ1) is 14.5. The van der Waals surface area contributed by atoms with Crippen molar-refractivity contribution in [3.8, 4) is 0 Å². The summed E-state index contributed by atoms with van der Waals surface area (Å²) in [5, 5.41) is 29.9. The molecule has 0 aromatic carbocycles. The van der Waals surface area contributed by atoms with Gasteiger partial charge in [-0.25, -0.2) is 0 Å². The lowest BCUT2D eigenvalue weighted by atomic mass is 9.63. The van der Waals surface area contributed by atoms with Gasteiger partial charge in [-0.2, -0.15) is 0 Å². The van der Waals surface area contributed by atoms with Crippen LogP contribution in [0.25, 0.3) is 0 Å². The van der Waals surface area contributed by atoms with Crippen molar-refractivity contribution >= 4 is 0 Å². The van der Waals surface area contributed by atoms with Crippen LogP contribution in [0.4, 0.5) is 0 Å². The average Bonchev–Trinajstić information content (AvgIpc) is 3.03. The van der Waals surface area contributed by atoms with E-state index in [1.54, 1.807) is 19.9 Å². The molecule has 2 fully saturated rings. The van der Waals surface area contributed by atoms with Crippen molar-refractivity contribution in [2.24, 2.45) is 11.3 Å². The maximum Gasteiger partial charge on any atom is 0.0811 e. The summed E-state index contributed by atoms with van der Waals surface area (Å²) in [4.78, 5) is 0. The van der Waals surface area contributed by atoms with Gasteiger partial charge in [0.05, 0.1) is 30.5 Å². The molecule has 0 unspecified atom stereocenters. The number of aliphatic hydroxyl groups excluding tert-OH is 2. The fourth-order valence-electron chi connectivity index (χ4n) is 5.57. The van der Waals surface area contributed by atoms with E-state index in [2.05, 4.69) is 38.7 Å². The van der Waals surface area contributed by atoms with E-state index in [-0.39, 0.29) is 11.5 Å². The maximum absolute atomic E-state index is 10.1. The van der Waals surface area contributed by atoms with Crippen molar-refractivity contribution < 1.29 is 20.1 Å². The van der Waals surface area contributed by atoms with Gasteiger partial charge in [0.1, 0.15) is 0 Å². The van der Waals surface area contributed by atoms with E-state index in [4.69, 9.17) is 4.74 Å². The van der Waals surface area contributed by atoms with Crippen LogP contribution in [0, 0.1) is 11.3 Å². The van der Waals surface area contributed by atoms with Crippen molar-refractivity contribution in [1.82, 2.24) is 0 Å². The Labute approximate surface area is 187 Å². The summed E-state index contributed by atoms with van der Waals surface area (Å²) in [5.41, 5.74) is 3.83. The smallest absolute Gasteiger partial charge is 0.0811 e. The van der Waals surface area contributed by atoms with Crippen molar-refractivity contribution in [2.75, 3.05) is 6.61 Å². The summed E-state index contributed by atoms with van der Waals surface area (Å²) in [7, 11) is 0. The SMILES string of the molecule is C=C1C(=CC=C2CCC[C@]3(C)C([C@@H](C)OC/C=C/C(C)(C)O)=CC[C@@H]23)C[C@@H](O)C[C@@H]1O. The van der Waals surface area contributed by atoms with Crippen molar-refractivity contribution in [1.29, 1.82) is 0 Å². The van der Waals surface area contributed by atoms with Crippen molar-refractivity contribution in [2.45, 2.75) is 90.1 Å². The average molecular weight is 429 g/mol. The van der Waals surface area contributed by atoms with Gasteiger partial charge in [-0.3, -0.25) is 0 Å². The summed E-state index contributed by atoms with van der Waals surface area (Å²) >= 11 is 0. The number of fused-ring (bicyclic) bond motifs is 1. The van der Waals surface area contributed by atoms with Crippen LogP contribution < -0.4 is 0 Å². The highest BCUT2D eigenvalue weighted by Crippen LogP contribution is 2.55. The van der Waals surface area contributed by atoms with Gasteiger partial charge in [-0.15, -0.1) is 0 Å². The second kappa shape index (κ2) is 9.58. The van der Waals surface area contributed by atoms with E-state index in [0.29, 0.717) is 25.4 Å². The Morgan fingerprint density at radius 3 is 2.77 bits per heavy atom. The molecule has 3 aliphatic rings. The number of rotatable bonds is 6. The largest absolute Gasteiger partial charge is 0.393 e. The molecule has 4 heteroatoms. The monoisotopic (exact) mass is 428 g/mol. The van der Waals surface area contributed by atoms with E-state index in [1.807, 2.05) is 6.08 Å². The van der Waals surface area contributed by atoms with Crippen LogP contribution in [0.2, 0.25) is 0 Å². The van der Waals surface area contributed by atoms with Gasteiger partial charge < -0.3 is 20.1 Å². The molecule has 0 bridgehead atoms. The highest BCUT2D eigenvalue weighted by Gasteiger charge is 2.46. The second-order valence-corrected chi connectivity index (χ2v) is 10.3. The Morgan fingerprint density at radius 2 is 2.06 bits per heavy atom. The molecular weight excluding hydrogens is 388 g/mol. The maximum atomic E-state index is 10.1. The van der Waals surface area contributed by atoms with Crippen LogP contribution in [0.1, 0.15) is 66.2 Å². The van der Waals surface area contributed by atoms with E-state index >= 15 is 0 Å². The molecule has 172 valence electrons. The Bertz CT molecular complexity index is 795. The van der Waals surface area contributed by atoms with Crippen LogP contribution in [0.15, 0.2) is 59.3 Å². The van der Waals surface area contributed by atoms with E-state index in [1.165, 1.54) is 11.1 Å². The van der Waals surface area contributed by atoms with Gasteiger partial charge in [-0.1, -0.05) is 49.5 Å². The molecule has 5 atom stereocenters. The third-order valence-electron chi connectivity index (χ3n) is 7.28. The molecule has 3 aliphatic carbocycles. The molecule has 0 radical (unpaired) electrons. The Kier molecular flexibility index (Phi) is 7.47. The lowest BCUT2D eigenvalue weighted by molar-refractivity contribution is 0.0836. The van der Waals surface area contributed by atoms with Crippen LogP contribution in [-0.4, -0.2) is 45.8 Å². The molecule has 4 nitrogen and oxygen atoms in total. The number of hydrogen-bond acceptors (Lipinski definition) is 4. The first kappa shape index (κ1) is 24.2. The van der Waals surface area contributed by atoms with Gasteiger partial charge in [0.25, 0.3) is 0 Å². The molecule has 2 saturated carbocycles. The van der Waals surface area contributed by atoms with Gasteiger partial charge >= 0.3 is 0 Å². The molecule has 0 aliphatic heterocycles. The van der Waals surface area contributed by atoms with Crippen molar-refractivity contribution in [3.05, 3.63) is 59.3 Å². The van der Waals surface area contributed by atoms with Crippen LogP contribution >= 0.6 is 0 Å². The quantitative estimate of drug-likeness (QED) is 0.533. The second-order valence-electron chi connectivity index (χ2n) is 10.3. The molecule has 0 spiro atoms. The minimum absolute atomic E-state index is 0.0441. The number of hydrogen-bond donors (Lipinski definition) is 3. The normalized spacial score (nSPS) is 35.6. The predicted molar refractivity (Wildman–Crippen MR) is 126 cm³/mol. The lowest BCUT2D eigenvalue weighted by Crippen LogP contribution is -2.34. The van der Waals surface area contributed by atoms with Gasteiger partial charge in [0.15, 0.2) is 0 Å². The van der Waals surface area contributed by atoms with Gasteiger partial charge in [-0.05, 0) is 80.9 Å². The van der Waals surface area contributed by atoms with E-state index in [9.17, 15) is 15.3 Å². The molecule has 3 rings (SSSR count). The molecule has 0 heterocycles. The van der Waals surface area contributed by atoms with Crippen LogP contribution in [-0.2, 0) is 4.74 Å². The summed E-state index contributed by atoms with van der Waals surface area (Å²) < 4.78 is 6.10. The lowest BCUT2D eigenvalue weighted by Gasteiger charge is -2.42. The Balaban J connectivity index is 1.70. The Hall–Kier alpha value is -1.46. The summed E-state index contributed by atoms with van der Waals surface area (Å²) in [6, 6.07) is 0. The minimum atomic E-state index is -0.816. The predicted octanol–water partition coefficient (Wildman–Crippen LogP) is 4.78. The highest BCUT2D eigenvalue weighted by molar-refractivity contribution is 5.40. The van der Waals surface area contributed by atoms with E-state index < -0.39 is 17.8 Å². The molecule has 3 N–H and O–H groups in total. The third-order valence-corrected chi connectivity index (χ3v) is 7.28. The summed E-state index contributed by atoms with van der Waals surface area (Å²) in [5.74, 6) is 0.470. The number of ether oxygens (including phenoxy) is 1. The minimum Gasteiger partial charge on any atom is -0.393 e.